The molecule has 0 unspecified atom stereocenters. The lowest BCUT2D eigenvalue weighted by Crippen LogP contribution is -1.22. The van der Waals surface area contributed by atoms with E-state index in [0.29, 0.717) is 0 Å². The van der Waals surface area contributed by atoms with Gasteiger partial charge in [-0.25, -0.2) is 4.39 Å². The minimum atomic E-state index is -0.0370. The second kappa shape index (κ2) is 2.67. The van der Waals surface area contributed by atoms with Gasteiger partial charge in [-0.2, -0.15) is 0 Å². The molecule has 0 saturated heterocycles. The van der Waals surface area contributed by atoms with Crippen molar-refractivity contribution in [2.45, 2.75) is 6.92 Å². The van der Waals surface area contributed by atoms with Crippen molar-refractivity contribution >= 4 is 0 Å². The van der Waals surface area contributed by atoms with E-state index in [9.17, 15) is 4.39 Å². The van der Waals surface area contributed by atoms with Crippen LogP contribution in [-0.2, 0) is 0 Å². The van der Waals surface area contributed by atoms with Crippen molar-refractivity contribution in [3.63, 3.8) is 0 Å². The third-order valence-corrected chi connectivity index (χ3v) is 0.109. The first-order valence-electron chi connectivity index (χ1n) is 1.51. The lowest BCUT2D eigenvalue weighted by atomic mass is 10.8. The van der Waals surface area contributed by atoms with Gasteiger partial charge in [0.1, 0.15) is 0 Å². The number of halogens is 1. The van der Waals surface area contributed by atoms with Crippen LogP contribution in [0.5, 0.6) is 0 Å². The van der Waals surface area contributed by atoms with Crippen LogP contribution in [0.1, 0.15) is 8.29 Å². The molecule has 0 aromatic rings. The monoisotopic (exact) mass is 61.0 g/mol. The Bertz CT molecular complexity index is 44.9. The summed E-state index contributed by atoms with van der Waals surface area (Å²) in [6.07, 6.45) is 0.250. The van der Waals surface area contributed by atoms with Gasteiger partial charge in [0, 0.05) is 0 Å². The zero-order chi connectivity index (χ0) is 4.28. The molecule has 4 heavy (non-hydrogen) atoms. The maximum atomic E-state index is 10.8. The van der Waals surface area contributed by atoms with Crippen molar-refractivity contribution < 1.29 is 5.76 Å². The molecule has 0 aromatic carbocycles. The summed E-state index contributed by atoms with van der Waals surface area (Å²) in [5, 5.41) is 0. The number of rotatable bonds is 0. The van der Waals surface area contributed by atoms with Gasteiger partial charge in [0.15, 0.2) is 0 Å². The molecule has 0 bridgehead atoms. The van der Waals surface area contributed by atoms with Gasteiger partial charge >= 0.3 is 0 Å². The van der Waals surface area contributed by atoms with Crippen LogP contribution in [0, 0.1) is 0 Å². The summed E-state index contributed by atoms with van der Waals surface area (Å²) in [7, 11) is 0. The number of allylic oxidation sites excluding steroid dienone is 1. The third-order valence-electron chi connectivity index (χ3n) is 0.109. The van der Waals surface area contributed by atoms with Gasteiger partial charge in [-0.15, -0.1) is 0 Å². The van der Waals surface area contributed by atoms with Crippen LogP contribution in [-0.4, -0.2) is 0 Å². The molecule has 0 saturated carbocycles. The van der Waals surface area contributed by atoms with Crippen LogP contribution in [0.25, 0.3) is 0 Å². The van der Waals surface area contributed by atoms with E-state index in [-0.39, 0.29) is 12.4 Å². The van der Waals surface area contributed by atoms with Gasteiger partial charge < -0.3 is 0 Å². The smallest absolute Gasteiger partial charge is 0.0824 e. The van der Waals surface area contributed by atoms with Crippen LogP contribution in [0.3, 0.4) is 0 Å². The largest absolute Gasteiger partial charge is 0.216 e. The molecular formula is C3H5F. The Morgan fingerprint density at radius 3 is 2.50 bits per heavy atom. The highest BCUT2D eigenvalue weighted by atomic mass is 19.1. The molecule has 0 fully saturated rings. The van der Waals surface area contributed by atoms with Gasteiger partial charge in [0.25, 0.3) is 0 Å². The first kappa shape index (κ1) is 1.94. The van der Waals surface area contributed by atoms with Gasteiger partial charge in [-0.3, -0.25) is 0 Å². The maximum Gasteiger partial charge on any atom is 0.0824 e. The van der Waals surface area contributed by atoms with E-state index in [4.69, 9.17) is 1.37 Å². The second-order valence-corrected chi connectivity index (χ2v) is 0.398. The molecule has 0 radical (unpaired) electrons. The topological polar surface area (TPSA) is 0 Å². The lowest BCUT2D eigenvalue weighted by molar-refractivity contribution is 0.719. The standard InChI is InChI=1S/C3H5F/c1-2-3-4/h2-3H,1H3/i2D. The molecular weight excluding hydrogens is 55.0 g/mol. The Kier molecular flexibility index (Phi) is 1.30. The van der Waals surface area contributed by atoms with Gasteiger partial charge in [0.05, 0.1) is 7.70 Å². The van der Waals surface area contributed by atoms with Crippen molar-refractivity contribution in [1.29, 1.82) is 0 Å². The molecule has 0 aliphatic rings. The molecule has 0 spiro atoms. The van der Waals surface area contributed by atoms with Gasteiger partial charge in [0.2, 0.25) is 0 Å². The fourth-order valence-electron chi connectivity index (χ4n) is 0. The molecule has 0 amide bonds. The average Bonchev–Trinajstić information content (AvgIpc) is 1.38. The molecule has 24 valence electrons. The molecule has 0 aromatic heterocycles. The van der Waals surface area contributed by atoms with Crippen molar-refractivity contribution in [2.24, 2.45) is 0 Å². The van der Waals surface area contributed by atoms with E-state index in [1.54, 1.807) is 0 Å². The van der Waals surface area contributed by atoms with Gasteiger partial charge in [-0.1, -0.05) is 6.05 Å². The number of hydrogen-bond donors (Lipinski definition) is 0. The van der Waals surface area contributed by atoms with Crippen molar-refractivity contribution in [2.75, 3.05) is 0 Å². The van der Waals surface area contributed by atoms with Gasteiger partial charge in [-0.05, 0) is 6.92 Å². The van der Waals surface area contributed by atoms with Crippen molar-refractivity contribution in [1.82, 2.24) is 0 Å². The van der Waals surface area contributed by atoms with E-state index < -0.39 is 0 Å². The Hall–Kier alpha value is -0.330. The quantitative estimate of drug-likeness (QED) is 0.398. The minimum absolute atomic E-state index is 0.0370. The molecule has 0 nitrogen and oxygen atoms in total. The SMILES string of the molecule is [2H]C(C)=CF. The summed E-state index contributed by atoms with van der Waals surface area (Å²) in [6.45, 7) is 1.38. The van der Waals surface area contributed by atoms with Crippen LogP contribution in [0.15, 0.2) is 12.4 Å². The fourth-order valence-corrected chi connectivity index (χ4v) is 0. The maximum absolute atomic E-state index is 10.8. The molecule has 0 aliphatic heterocycles. The third kappa shape index (κ3) is 1.67. The summed E-state index contributed by atoms with van der Waals surface area (Å²) < 4.78 is 17.1. The lowest BCUT2D eigenvalue weighted by Gasteiger charge is -1.45. The Labute approximate surface area is 26.4 Å². The molecule has 0 rings (SSSR count). The van der Waals surface area contributed by atoms with E-state index >= 15 is 0 Å². The summed E-state index contributed by atoms with van der Waals surface area (Å²) in [4.78, 5) is 0. The molecule has 0 aliphatic carbocycles. The Morgan fingerprint density at radius 2 is 2.50 bits per heavy atom. The minimum Gasteiger partial charge on any atom is -0.216 e. The first-order chi connectivity index (χ1) is 2.27. The van der Waals surface area contributed by atoms with E-state index in [1.807, 2.05) is 0 Å². The van der Waals surface area contributed by atoms with Crippen molar-refractivity contribution in [3.8, 4) is 0 Å². The predicted molar refractivity (Wildman–Crippen MR) is 15.9 cm³/mol. The van der Waals surface area contributed by atoms with Crippen LogP contribution in [0.4, 0.5) is 4.39 Å². The molecule has 0 atom stereocenters. The number of hydrogen-bond acceptors (Lipinski definition) is 0. The average molecular weight is 61.1 g/mol. The van der Waals surface area contributed by atoms with Crippen LogP contribution < -0.4 is 0 Å². The predicted octanol–water partition coefficient (Wildman–Crippen LogP) is 1.49. The second-order valence-electron chi connectivity index (χ2n) is 0.398. The summed E-state index contributed by atoms with van der Waals surface area (Å²) in [6, 6.07) is -0.0370. The fraction of sp³-hybridized carbons (Fsp3) is 0.333. The molecule has 0 heterocycles. The van der Waals surface area contributed by atoms with Crippen molar-refractivity contribution in [3.05, 3.63) is 12.4 Å². The normalized spacial score (nSPS) is 15.5. The Morgan fingerprint density at radius 1 is 2.25 bits per heavy atom. The molecule has 0 N–H and O–H groups in total. The zero-order valence-corrected chi connectivity index (χ0v) is 2.46. The van der Waals surface area contributed by atoms with E-state index in [2.05, 4.69) is 0 Å². The van der Waals surface area contributed by atoms with Crippen LogP contribution >= 0.6 is 0 Å². The van der Waals surface area contributed by atoms with Crippen LogP contribution in [0.2, 0.25) is 0 Å². The zero-order valence-electron chi connectivity index (χ0n) is 3.46. The highest BCUT2D eigenvalue weighted by Gasteiger charge is 1.38. The highest BCUT2D eigenvalue weighted by molar-refractivity contribution is 4.61. The summed E-state index contributed by atoms with van der Waals surface area (Å²) >= 11 is 0. The van der Waals surface area contributed by atoms with E-state index in [0.717, 1.165) is 0 Å². The molecule has 1 heteroatoms. The summed E-state index contributed by atoms with van der Waals surface area (Å²) in [5.74, 6) is 0. The Balaban J connectivity index is 3.14. The first-order valence-corrected chi connectivity index (χ1v) is 1.01. The van der Waals surface area contributed by atoms with E-state index in [1.165, 1.54) is 6.92 Å². The highest BCUT2D eigenvalue weighted by Crippen LogP contribution is 1.62. The summed E-state index contributed by atoms with van der Waals surface area (Å²) in [5.41, 5.74) is 0.